The predicted molar refractivity (Wildman–Crippen MR) is 104 cm³/mol. The molecule has 0 amide bonds. The monoisotopic (exact) mass is 395 g/mol. The number of hydrogen-bond acceptors (Lipinski definition) is 1. The fourth-order valence-corrected chi connectivity index (χ4v) is 3.35. The lowest BCUT2D eigenvalue weighted by molar-refractivity contribution is 1.50. The molecule has 0 unspecified atom stereocenters. The fourth-order valence-electron chi connectivity index (χ4n) is 2.75. The van der Waals surface area contributed by atoms with E-state index in [1.807, 2.05) is 0 Å². The van der Waals surface area contributed by atoms with E-state index in [-0.39, 0.29) is 0 Å². The average Bonchev–Trinajstić information content (AvgIpc) is 2.60. The minimum Gasteiger partial charge on any atom is -0.283 e. The van der Waals surface area contributed by atoms with Gasteiger partial charge in [0.2, 0.25) is 0 Å². The summed E-state index contributed by atoms with van der Waals surface area (Å²) < 4.78 is 2.20. The van der Waals surface area contributed by atoms with Gasteiger partial charge in [-0.1, -0.05) is 60.7 Å². The highest BCUT2D eigenvalue weighted by atomic mass is 127. The molecule has 0 bridgehead atoms. The fraction of sp³-hybridized carbons (Fsp3) is 0. The van der Waals surface area contributed by atoms with Gasteiger partial charge in [-0.3, -0.25) is 3.11 Å². The van der Waals surface area contributed by atoms with Gasteiger partial charge in [-0.25, -0.2) is 0 Å². The molecule has 4 aromatic carbocycles. The Kier molecular flexibility index (Phi) is 3.47. The van der Waals surface area contributed by atoms with Crippen LogP contribution in [0.2, 0.25) is 0 Å². The quantitative estimate of drug-likeness (QED) is 0.277. The molecule has 0 radical (unpaired) electrons. The van der Waals surface area contributed by atoms with Crippen molar-refractivity contribution in [2.75, 3.05) is 3.11 Å². The lowest BCUT2D eigenvalue weighted by atomic mass is 10.1. The van der Waals surface area contributed by atoms with Crippen LogP contribution in [-0.2, 0) is 0 Å². The molecule has 0 spiro atoms. The summed E-state index contributed by atoms with van der Waals surface area (Å²) in [6, 6.07) is 30.1. The number of halogens is 1. The summed E-state index contributed by atoms with van der Waals surface area (Å²) in [6.45, 7) is 0. The maximum absolute atomic E-state index is 2.37. The van der Waals surface area contributed by atoms with E-state index in [1.54, 1.807) is 0 Å². The van der Waals surface area contributed by atoms with Crippen molar-refractivity contribution in [2.45, 2.75) is 0 Å². The Hall–Kier alpha value is -2.07. The normalized spacial score (nSPS) is 11.0. The van der Waals surface area contributed by atoms with Crippen LogP contribution >= 0.6 is 22.9 Å². The van der Waals surface area contributed by atoms with E-state index in [0.717, 1.165) is 0 Å². The minimum atomic E-state index is 1.19. The Morgan fingerprint density at radius 2 is 0.909 bits per heavy atom. The highest BCUT2D eigenvalue weighted by molar-refractivity contribution is 14.1. The van der Waals surface area contributed by atoms with E-state index in [2.05, 4.69) is 111 Å². The number of nitrogens with zero attached hydrogens (tertiary/aromatic N) is 1. The summed E-state index contributed by atoms with van der Waals surface area (Å²) in [7, 11) is 0. The van der Waals surface area contributed by atoms with Crippen LogP contribution in [0.4, 0.5) is 11.4 Å². The smallest absolute Gasteiger partial charge is 0.0646 e. The molecular formula is C20H14IN. The van der Waals surface area contributed by atoms with Gasteiger partial charge in [0.1, 0.15) is 0 Å². The third-order valence-electron chi connectivity index (χ3n) is 3.92. The zero-order chi connectivity index (χ0) is 14.9. The highest BCUT2D eigenvalue weighted by Gasteiger charge is 2.07. The number of fused-ring (bicyclic) bond motifs is 2. The Morgan fingerprint density at radius 3 is 1.36 bits per heavy atom. The number of anilines is 2. The molecular weight excluding hydrogens is 381 g/mol. The van der Waals surface area contributed by atoms with Crippen LogP contribution in [0, 0.1) is 0 Å². The van der Waals surface area contributed by atoms with Crippen molar-refractivity contribution < 1.29 is 0 Å². The summed E-state index contributed by atoms with van der Waals surface area (Å²) in [5.41, 5.74) is 2.38. The summed E-state index contributed by atoms with van der Waals surface area (Å²) in [6.07, 6.45) is 0. The number of rotatable bonds is 2. The van der Waals surface area contributed by atoms with Gasteiger partial charge in [-0.05, 0) is 45.8 Å². The first-order valence-corrected chi connectivity index (χ1v) is 8.21. The van der Waals surface area contributed by atoms with Crippen molar-refractivity contribution in [1.82, 2.24) is 0 Å². The number of benzene rings is 4. The maximum atomic E-state index is 2.37. The van der Waals surface area contributed by atoms with Gasteiger partial charge >= 0.3 is 0 Å². The van der Waals surface area contributed by atoms with E-state index in [4.69, 9.17) is 0 Å². The Morgan fingerprint density at radius 1 is 0.500 bits per heavy atom. The molecule has 106 valence electrons. The molecule has 1 nitrogen and oxygen atoms in total. The molecule has 4 aromatic rings. The Bertz CT molecular complexity index is 882. The van der Waals surface area contributed by atoms with E-state index in [0.29, 0.717) is 0 Å². The average molecular weight is 395 g/mol. The molecule has 0 aromatic heterocycles. The van der Waals surface area contributed by atoms with Crippen molar-refractivity contribution >= 4 is 55.8 Å². The molecule has 0 saturated heterocycles. The third-order valence-corrected chi connectivity index (χ3v) is 5.03. The molecule has 4 rings (SSSR count). The second kappa shape index (κ2) is 5.61. The lowest BCUT2D eigenvalue weighted by Crippen LogP contribution is -2.00. The lowest BCUT2D eigenvalue weighted by Gasteiger charge is -2.18. The van der Waals surface area contributed by atoms with Crippen molar-refractivity contribution in [2.24, 2.45) is 0 Å². The van der Waals surface area contributed by atoms with Gasteiger partial charge in [-0.15, -0.1) is 0 Å². The highest BCUT2D eigenvalue weighted by Crippen LogP contribution is 2.33. The van der Waals surface area contributed by atoms with Crippen LogP contribution < -0.4 is 3.11 Å². The summed E-state index contributed by atoms with van der Waals surface area (Å²) in [5.74, 6) is 0. The first-order chi connectivity index (χ1) is 10.8. The maximum Gasteiger partial charge on any atom is 0.0646 e. The summed E-state index contributed by atoms with van der Waals surface area (Å²) in [4.78, 5) is 0. The topological polar surface area (TPSA) is 3.24 Å². The molecule has 22 heavy (non-hydrogen) atoms. The zero-order valence-electron chi connectivity index (χ0n) is 11.9. The van der Waals surface area contributed by atoms with Crippen LogP contribution in [0.3, 0.4) is 0 Å². The molecule has 0 saturated carbocycles. The van der Waals surface area contributed by atoms with E-state index in [1.165, 1.54) is 32.9 Å². The Labute approximate surface area is 143 Å². The zero-order valence-corrected chi connectivity index (χ0v) is 14.1. The van der Waals surface area contributed by atoms with Crippen LogP contribution in [0.25, 0.3) is 21.5 Å². The van der Waals surface area contributed by atoms with Gasteiger partial charge in [0.25, 0.3) is 0 Å². The van der Waals surface area contributed by atoms with Crippen molar-refractivity contribution in [3.8, 4) is 0 Å². The minimum absolute atomic E-state index is 1.19. The molecule has 0 fully saturated rings. The molecule has 0 aliphatic rings. The van der Waals surface area contributed by atoms with Crippen LogP contribution in [0.1, 0.15) is 0 Å². The van der Waals surface area contributed by atoms with Crippen molar-refractivity contribution in [3.05, 3.63) is 84.9 Å². The molecule has 0 aliphatic heterocycles. The van der Waals surface area contributed by atoms with Gasteiger partial charge in [0.05, 0.1) is 34.2 Å². The third kappa shape index (κ3) is 2.44. The second-order valence-corrected chi connectivity index (χ2v) is 6.31. The summed E-state index contributed by atoms with van der Waals surface area (Å²) >= 11 is 2.37. The van der Waals surface area contributed by atoms with Crippen LogP contribution in [0.15, 0.2) is 84.9 Å². The number of hydrogen-bond donors (Lipinski definition) is 0. The molecule has 2 heteroatoms. The summed E-state index contributed by atoms with van der Waals surface area (Å²) in [5, 5.41) is 5.08. The Balaban J connectivity index is 1.78. The van der Waals surface area contributed by atoms with Gasteiger partial charge in [0, 0.05) is 0 Å². The standard InChI is InChI=1S/C20H14IN/c21-22(19-11-9-15-5-1-3-7-17(15)13-19)20-12-10-16-6-2-4-8-18(16)14-20/h1-14H. The predicted octanol–water partition coefficient (Wildman–Crippen LogP) is 6.48. The second-order valence-electron chi connectivity index (χ2n) is 5.34. The van der Waals surface area contributed by atoms with E-state index >= 15 is 0 Å². The largest absolute Gasteiger partial charge is 0.283 e. The molecule has 0 atom stereocenters. The van der Waals surface area contributed by atoms with Gasteiger partial charge in [-0.2, -0.15) is 0 Å². The van der Waals surface area contributed by atoms with E-state index < -0.39 is 0 Å². The first kappa shape index (κ1) is 13.6. The van der Waals surface area contributed by atoms with Crippen LogP contribution in [-0.4, -0.2) is 0 Å². The van der Waals surface area contributed by atoms with Gasteiger partial charge < -0.3 is 0 Å². The molecule has 0 N–H and O–H groups in total. The molecule has 0 aliphatic carbocycles. The van der Waals surface area contributed by atoms with Gasteiger partial charge in [0.15, 0.2) is 0 Å². The molecule has 0 heterocycles. The first-order valence-electron chi connectivity index (χ1n) is 7.25. The van der Waals surface area contributed by atoms with Crippen molar-refractivity contribution in [1.29, 1.82) is 0 Å². The van der Waals surface area contributed by atoms with Crippen LogP contribution in [0.5, 0.6) is 0 Å². The van der Waals surface area contributed by atoms with E-state index in [9.17, 15) is 0 Å². The SMILES string of the molecule is IN(c1ccc2ccccc2c1)c1ccc2ccccc2c1. The van der Waals surface area contributed by atoms with Crippen molar-refractivity contribution in [3.63, 3.8) is 0 Å².